The van der Waals surface area contributed by atoms with Gasteiger partial charge in [-0.2, -0.15) is 4.31 Å². The molecule has 0 aromatic heterocycles. The second-order valence-corrected chi connectivity index (χ2v) is 7.32. The first kappa shape index (κ1) is 16.2. The number of hydrogen-bond donors (Lipinski definition) is 0. The van der Waals surface area contributed by atoms with Crippen LogP contribution < -0.4 is 0 Å². The minimum absolute atomic E-state index is 0.00626. The summed E-state index contributed by atoms with van der Waals surface area (Å²) in [5.41, 5.74) is 0.00626. The van der Waals surface area contributed by atoms with E-state index in [0.717, 1.165) is 17.5 Å². The number of carbonyl (C=O) groups excluding carboxylic acids is 1. The van der Waals surface area contributed by atoms with Crippen molar-refractivity contribution < 1.29 is 26.7 Å². The maximum atomic E-state index is 13.9. The highest BCUT2D eigenvalue weighted by molar-refractivity contribution is 8.00. The van der Waals surface area contributed by atoms with E-state index < -0.39 is 38.6 Å². The van der Waals surface area contributed by atoms with Gasteiger partial charge in [0, 0.05) is 5.75 Å². The number of benzene rings is 1. The van der Waals surface area contributed by atoms with Gasteiger partial charge in [0.15, 0.2) is 0 Å². The molecule has 1 aromatic rings. The Labute approximate surface area is 125 Å². The Hall–Kier alpha value is -1.19. The number of nitrogens with zero attached hydrogens (tertiary/aromatic N) is 1. The van der Waals surface area contributed by atoms with E-state index in [1.54, 1.807) is 0 Å². The van der Waals surface area contributed by atoms with Crippen molar-refractivity contribution in [3.05, 3.63) is 29.3 Å². The normalized spacial score (nSPS) is 19.7. The SMILES string of the molecule is COC(=O)[C@@H]1CSCN1S(=O)(=O)c1cc(F)c(C)cc1F. The predicted molar refractivity (Wildman–Crippen MR) is 73.2 cm³/mol. The van der Waals surface area contributed by atoms with E-state index in [0.29, 0.717) is 6.07 Å². The molecule has 1 heterocycles. The highest BCUT2D eigenvalue weighted by Crippen LogP contribution is 2.30. The molecule has 0 unspecified atom stereocenters. The summed E-state index contributed by atoms with van der Waals surface area (Å²) >= 11 is 1.20. The summed E-state index contributed by atoms with van der Waals surface area (Å²) in [5, 5.41) is 0. The number of aryl methyl sites for hydroxylation is 1. The van der Waals surface area contributed by atoms with Gasteiger partial charge in [-0.15, -0.1) is 11.8 Å². The number of hydrogen-bond acceptors (Lipinski definition) is 5. The van der Waals surface area contributed by atoms with Gasteiger partial charge in [0.25, 0.3) is 0 Å². The number of sulfonamides is 1. The summed E-state index contributed by atoms with van der Waals surface area (Å²) in [6, 6.07) is 0.421. The van der Waals surface area contributed by atoms with E-state index in [2.05, 4.69) is 4.74 Å². The van der Waals surface area contributed by atoms with Crippen LogP contribution in [0.4, 0.5) is 8.78 Å². The lowest BCUT2D eigenvalue weighted by atomic mass is 10.2. The van der Waals surface area contributed by atoms with Gasteiger partial charge in [-0.05, 0) is 24.6 Å². The van der Waals surface area contributed by atoms with Gasteiger partial charge in [-0.25, -0.2) is 17.2 Å². The number of rotatable bonds is 3. The number of methoxy groups -OCH3 is 1. The lowest BCUT2D eigenvalue weighted by Gasteiger charge is -2.21. The summed E-state index contributed by atoms with van der Waals surface area (Å²) in [4.78, 5) is 10.8. The Kier molecular flexibility index (Phi) is 4.54. The topological polar surface area (TPSA) is 63.7 Å². The van der Waals surface area contributed by atoms with Gasteiger partial charge >= 0.3 is 5.97 Å². The number of esters is 1. The highest BCUT2D eigenvalue weighted by atomic mass is 32.2. The molecule has 1 saturated heterocycles. The van der Waals surface area contributed by atoms with E-state index in [9.17, 15) is 22.0 Å². The zero-order valence-electron chi connectivity index (χ0n) is 11.3. The van der Waals surface area contributed by atoms with Crippen molar-refractivity contribution in [1.29, 1.82) is 0 Å². The van der Waals surface area contributed by atoms with E-state index in [4.69, 9.17) is 0 Å². The number of carbonyl (C=O) groups is 1. The van der Waals surface area contributed by atoms with Crippen molar-refractivity contribution in [1.82, 2.24) is 4.31 Å². The van der Waals surface area contributed by atoms with Crippen LogP contribution in [0.25, 0.3) is 0 Å². The van der Waals surface area contributed by atoms with Crippen LogP contribution in [0.5, 0.6) is 0 Å². The summed E-state index contributed by atoms with van der Waals surface area (Å²) in [6.45, 7) is 1.33. The molecule has 9 heteroatoms. The van der Waals surface area contributed by atoms with Gasteiger partial charge in [-0.3, -0.25) is 4.79 Å². The summed E-state index contributed by atoms with van der Waals surface area (Å²) < 4.78 is 57.7. The van der Waals surface area contributed by atoms with Gasteiger partial charge in [0.05, 0.1) is 13.0 Å². The Morgan fingerprint density at radius 1 is 1.38 bits per heavy atom. The molecule has 5 nitrogen and oxygen atoms in total. The summed E-state index contributed by atoms with van der Waals surface area (Å²) in [5.74, 6) is -2.40. The fraction of sp³-hybridized carbons (Fsp3) is 0.417. The molecule has 0 radical (unpaired) electrons. The van der Waals surface area contributed by atoms with Crippen LogP contribution in [0.15, 0.2) is 17.0 Å². The maximum Gasteiger partial charge on any atom is 0.325 e. The first-order valence-corrected chi connectivity index (χ1v) is 8.51. The monoisotopic (exact) mass is 337 g/mol. The first-order chi connectivity index (χ1) is 9.78. The number of ether oxygens (including phenoxy) is 1. The fourth-order valence-corrected chi connectivity index (χ4v) is 5.12. The van der Waals surface area contributed by atoms with Crippen LogP contribution in [-0.4, -0.2) is 43.5 Å². The molecule has 1 aromatic carbocycles. The van der Waals surface area contributed by atoms with E-state index in [-0.39, 0.29) is 17.2 Å². The molecule has 0 aliphatic carbocycles. The van der Waals surface area contributed by atoms with Crippen molar-refractivity contribution in [3.63, 3.8) is 0 Å². The van der Waals surface area contributed by atoms with Crippen molar-refractivity contribution in [2.75, 3.05) is 18.7 Å². The molecular formula is C12H13F2NO4S2. The zero-order chi connectivity index (χ0) is 15.8. The molecule has 21 heavy (non-hydrogen) atoms. The van der Waals surface area contributed by atoms with E-state index in [1.807, 2.05) is 0 Å². The minimum atomic E-state index is -4.32. The lowest BCUT2D eigenvalue weighted by molar-refractivity contribution is -0.143. The number of halogens is 2. The molecule has 116 valence electrons. The van der Waals surface area contributed by atoms with E-state index >= 15 is 0 Å². The van der Waals surface area contributed by atoms with E-state index in [1.165, 1.54) is 18.7 Å². The molecule has 1 atom stereocenters. The average molecular weight is 337 g/mol. The van der Waals surface area contributed by atoms with Crippen LogP contribution >= 0.6 is 11.8 Å². The van der Waals surface area contributed by atoms with Gasteiger partial charge in [0.2, 0.25) is 10.0 Å². The first-order valence-electron chi connectivity index (χ1n) is 5.92. The van der Waals surface area contributed by atoms with Gasteiger partial charge in [0.1, 0.15) is 22.6 Å². The summed E-state index contributed by atoms with van der Waals surface area (Å²) in [7, 11) is -3.18. The van der Waals surface area contributed by atoms with Crippen LogP contribution in [-0.2, 0) is 19.6 Å². The predicted octanol–water partition coefficient (Wildman–Crippen LogP) is 1.51. The molecular weight excluding hydrogens is 324 g/mol. The van der Waals surface area contributed by atoms with Crippen LogP contribution in [0.3, 0.4) is 0 Å². The second kappa shape index (κ2) is 5.90. The average Bonchev–Trinajstić information content (AvgIpc) is 2.91. The third-order valence-corrected chi connectivity index (χ3v) is 6.16. The van der Waals surface area contributed by atoms with Crippen molar-refractivity contribution in [3.8, 4) is 0 Å². The highest BCUT2D eigenvalue weighted by Gasteiger charge is 2.42. The lowest BCUT2D eigenvalue weighted by Crippen LogP contribution is -2.42. The Morgan fingerprint density at radius 2 is 2.05 bits per heavy atom. The second-order valence-electron chi connectivity index (χ2n) is 4.46. The molecule has 2 rings (SSSR count). The smallest absolute Gasteiger partial charge is 0.325 e. The van der Waals surface area contributed by atoms with Crippen LogP contribution in [0, 0.1) is 18.6 Å². The molecule has 1 aliphatic rings. The molecule has 0 amide bonds. The zero-order valence-corrected chi connectivity index (χ0v) is 12.9. The summed E-state index contributed by atoms with van der Waals surface area (Å²) in [6.07, 6.45) is 0. The Morgan fingerprint density at radius 3 is 2.67 bits per heavy atom. The standard InChI is InChI=1S/C12H13F2NO4S2/c1-7-3-9(14)11(4-8(7)13)21(17,18)15-6-20-5-10(15)12(16)19-2/h3-4,10H,5-6H2,1-2H3/t10-/m0/s1. The molecule has 0 N–H and O–H groups in total. The Bertz CT molecular complexity index is 678. The maximum absolute atomic E-state index is 13.9. The molecule has 1 fully saturated rings. The van der Waals surface area contributed by atoms with Gasteiger partial charge in [-0.1, -0.05) is 0 Å². The molecule has 0 saturated carbocycles. The van der Waals surface area contributed by atoms with Crippen LogP contribution in [0.1, 0.15) is 5.56 Å². The van der Waals surface area contributed by atoms with Gasteiger partial charge < -0.3 is 4.74 Å². The fourth-order valence-electron chi connectivity index (χ4n) is 1.94. The minimum Gasteiger partial charge on any atom is -0.468 e. The Balaban J connectivity index is 2.47. The van der Waals surface area contributed by atoms with Crippen molar-refractivity contribution in [2.24, 2.45) is 0 Å². The largest absolute Gasteiger partial charge is 0.468 e. The van der Waals surface area contributed by atoms with Crippen molar-refractivity contribution >= 4 is 27.8 Å². The molecule has 0 spiro atoms. The molecule has 1 aliphatic heterocycles. The quantitative estimate of drug-likeness (QED) is 0.783. The van der Waals surface area contributed by atoms with Crippen molar-refractivity contribution in [2.45, 2.75) is 17.9 Å². The number of thioether (sulfide) groups is 1. The molecule has 0 bridgehead atoms. The third-order valence-electron chi connectivity index (χ3n) is 3.11. The third kappa shape index (κ3) is 2.90. The van der Waals surface area contributed by atoms with Crippen LogP contribution in [0.2, 0.25) is 0 Å².